The molecule has 2 fully saturated rings. The Morgan fingerprint density at radius 2 is 1.79 bits per heavy atom. The van der Waals surface area contributed by atoms with E-state index in [1.54, 1.807) is 25.4 Å². The van der Waals surface area contributed by atoms with Crippen LogP contribution in [0.4, 0.5) is 5.82 Å². The Balaban J connectivity index is 1.36. The molecule has 3 aromatic rings. The van der Waals surface area contributed by atoms with E-state index in [4.69, 9.17) is 0 Å². The van der Waals surface area contributed by atoms with Gasteiger partial charge in [-0.3, -0.25) is 4.79 Å². The van der Waals surface area contributed by atoms with Crippen molar-refractivity contribution >= 4 is 5.82 Å². The van der Waals surface area contributed by atoms with Gasteiger partial charge in [-0.2, -0.15) is 5.10 Å². The van der Waals surface area contributed by atoms with E-state index in [-0.39, 0.29) is 22.4 Å². The Labute approximate surface area is 199 Å². The summed E-state index contributed by atoms with van der Waals surface area (Å²) in [6.45, 7) is 4.68. The summed E-state index contributed by atoms with van der Waals surface area (Å²) < 4.78 is 1.27. The van der Waals surface area contributed by atoms with E-state index < -0.39 is 0 Å². The number of phenolic OH excluding ortho intramolecular Hbond substituents is 1. The SMILES string of the molecule is CN(c1ccc(-c2ccc(-c3cnn(C)c(=O)c3)cc2O)nn1)[C@@H]1C[C@]2(C)CCC[C@](C)(C1)N2. The molecular weight excluding hydrogens is 428 g/mol. The van der Waals surface area contributed by atoms with Crippen molar-refractivity contribution in [2.24, 2.45) is 7.05 Å². The molecule has 2 saturated heterocycles. The summed E-state index contributed by atoms with van der Waals surface area (Å²) in [7, 11) is 3.70. The first kappa shape index (κ1) is 22.5. The lowest BCUT2D eigenvalue weighted by molar-refractivity contribution is 0.0784. The summed E-state index contributed by atoms with van der Waals surface area (Å²) in [4.78, 5) is 14.1. The number of aryl methyl sites for hydroxylation is 1. The molecule has 5 rings (SSSR count). The number of benzene rings is 1. The topological polar surface area (TPSA) is 96.2 Å². The highest BCUT2D eigenvalue weighted by Crippen LogP contribution is 2.42. The number of nitrogens with zero attached hydrogens (tertiary/aromatic N) is 5. The first-order valence-electron chi connectivity index (χ1n) is 11.9. The van der Waals surface area contributed by atoms with Crippen LogP contribution in [0.15, 0.2) is 47.4 Å². The highest BCUT2D eigenvalue weighted by atomic mass is 16.3. The molecule has 0 saturated carbocycles. The molecule has 1 aromatic carbocycles. The molecule has 2 aliphatic heterocycles. The average Bonchev–Trinajstić information content (AvgIpc) is 2.79. The van der Waals surface area contributed by atoms with Gasteiger partial charge in [0.05, 0.1) is 11.9 Å². The van der Waals surface area contributed by atoms with Crippen LogP contribution in [0.5, 0.6) is 5.75 Å². The van der Waals surface area contributed by atoms with Crippen molar-refractivity contribution in [3.63, 3.8) is 0 Å². The predicted molar refractivity (Wildman–Crippen MR) is 133 cm³/mol. The molecule has 3 atom stereocenters. The molecule has 0 radical (unpaired) electrons. The highest BCUT2D eigenvalue weighted by molar-refractivity contribution is 5.74. The van der Waals surface area contributed by atoms with Crippen LogP contribution >= 0.6 is 0 Å². The Kier molecular flexibility index (Phi) is 5.43. The summed E-state index contributed by atoms with van der Waals surface area (Å²) in [5, 5.41) is 27.5. The first-order chi connectivity index (χ1) is 16.1. The van der Waals surface area contributed by atoms with E-state index in [1.165, 1.54) is 30.0 Å². The number of aromatic hydroxyl groups is 1. The van der Waals surface area contributed by atoms with Gasteiger partial charge in [0.2, 0.25) is 0 Å². The minimum absolute atomic E-state index is 0.0839. The van der Waals surface area contributed by atoms with Crippen LogP contribution in [0.1, 0.15) is 46.0 Å². The van der Waals surface area contributed by atoms with Gasteiger partial charge in [0, 0.05) is 48.4 Å². The van der Waals surface area contributed by atoms with Crippen molar-refractivity contribution in [2.75, 3.05) is 11.9 Å². The molecule has 8 nitrogen and oxygen atoms in total. The molecule has 34 heavy (non-hydrogen) atoms. The number of nitrogens with one attached hydrogen (secondary N) is 1. The fourth-order valence-electron chi connectivity index (χ4n) is 5.81. The van der Waals surface area contributed by atoms with Crippen molar-refractivity contribution in [1.29, 1.82) is 0 Å². The summed E-state index contributed by atoms with van der Waals surface area (Å²) >= 11 is 0. The lowest BCUT2D eigenvalue weighted by Gasteiger charge is -2.55. The zero-order valence-electron chi connectivity index (χ0n) is 20.2. The van der Waals surface area contributed by atoms with Gasteiger partial charge in [-0.25, -0.2) is 4.68 Å². The maximum absolute atomic E-state index is 11.9. The molecule has 2 aliphatic rings. The second-order valence-corrected chi connectivity index (χ2v) is 10.5. The van der Waals surface area contributed by atoms with Gasteiger partial charge >= 0.3 is 0 Å². The number of fused-ring (bicyclic) bond motifs is 2. The van der Waals surface area contributed by atoms with E-state index >= 15 is 0 Å². The van der Waals surface area contributed by atoms with Gasteiger partial charge in [0.25, 0.3) is 5.56 Å². The molecule has 0 aliphatic carbocycles. The molecule has 178 valence electrons. The van der Waals surface area contributed by atoms with Crippen molar-refractivity contribution in [3.8, 4) is 28.1 Å². The molecule has 4 heterocycles. The number of phenols is 1. The third-order valence-electron chi connectivity index (χ3n) is 7.57. The van der Waals surface area contributed by atoms with Crippen molar-refractivity contribution < 1.29 is 5.11 Å². The highest BCUT2D eigenvalue weighted by Gasteiger charge is 2.46. The van der Waals surface area contributed by atoms with Crippen LogP contribution in [-0.4, -0.2) is 49.3 Å². The van der Waals surface area contributed by atoms with Crippen LogP contribution in [0, 0.1) is 0 Å². The lowest BCUT2D eigenvalue weighted by Crippen LogP contribution is -2.66. The number of hydrogen-bond acceptors (Lipinski definition) is 7. The lowest BCUT2D eigenvalue weighted by atomic mass is 9.69. The Bertz CT molecular complexity index is 1260. The molecule has 0 amide bonds. The quantitative estimate of drug-likeness (QED) is 0.615. The molecule has 2 aromatic heterocycles. The van der Waals surface area contributed by atoms with Crippen molar-refractivity contribution in [2.45, 2.75) is 63.1 Å². The maximum Gasteiger partial charge on any atom is 0.267 e. The van der Waals surface area contributed by atoms with Crippen LogP contribution < -0.4 is 15.8 Å². The zero-order valence-corrected chi connectivity index (χ0v) is 20.2. The molecule has 0 spiro atoms. The number of anilines is 1. The molecule has 8 heteroatoms. The standard InChI is InChI=1S/C26H32N6O2/c1-25-10-5-11-26(2,30-25)15-19(14-25)31(3)23-9-8-21(28-29-23)20-7-6-17(12-22(20)33)18-13-24(34)32(4)27-16-18/h6-9,12-13,16,19,30,33H,5,10-11,14-15H2,1-4H3/t19-,25+,26-. The fourth-order valence-corrected chi connectivity index (χ4v) is 5.81. The van der Waals surface area contributed by atoms with E-state index in [2.05, 4.69) is 46.4 Å². The normalized spacial score (nSPS) is 26.3. The number of rotatable bonds is 4. The van der Waals surface area contributed by atoms with Gasteiger partial charge in [-0.1, -0.05) is 6.07 Å². The Morgan fingerprint density at radius 1 is 1.06 bits per heavy atom. The second kappa shape index (κ2) is 8.20. The summed E-state index contributed by atoms with van der Waals surface area (Å²) in [6.07, 6.45) is 7.48. The average molecular weight is 461 g/mol. The van der Waals surface area contributed by atoms with Crippen LogP contribution in [0.2, 0.25) is 0 Å². The molecule has 2 N–H and O–H groups in total. The monoisotopic (exact) mass is 460 g/mol. The third-order valence-corrected chi connectivity index (χ3v) is 7.57. The van der Waals surface area contributed by atoms with E-state index in [0.29, 0.717) is 28.4 Å². The number of piperidine rings is 2. The van der Waals surface area contributed by atoms with E-state index in [9.17, 15) is 9.90 Å². The predicted octanol–water partition coefficient (Wildman–Crippen LogP) is 3.50. The van der Waals surface area contributed by atoms with Crippen LogP contribution in [0.25, 0.3) is 22.4 Å². The largest absolute Gasteiger partial charge is 0.507 e. The summed E-state index contributed by atoms with van der Waals surface area (Å²) in [6, 6.07) is 11.1. The van der Waals surface area contributed by atoms with Crippen molar-refractivity contribution in [3.05, 3.63) is 52.9 Å². The fraction of sp³-hybridized carbons (Fsp3) is 0.462. The number of hydrogen-bond donors (Lipinski definition) is 2. The smallest absolute Gasteiger partial charge is 0.267 e. The first-order valence-corrected chi connectivity index (χ1v) is 11.9. The number of aromatic nitrogens is 4. The van der Waals surface area contributed by atoms with Gasteiger partial charge in [-0.05, 0) is 75.8 Å². The zero-order chi connectivity index (χ0) is 24.1. The maximum atomic E-state index is 11.9. The molecular formula is C26H32N6O2. The minimum atomic E-state index is -0.202. The summed E-state index contributed by atoms with van der Waals surface area (Å²) in [5.74, 6) is 0.920. The van der Waals surface area contributed by atoms with Gasteiger partial charge in [-0.15, -0.1) is 10.2 Å². The van der Waals surface area contributed by atoms with Crippen molar-refractivity contribution in [1.82, 2.24) is 25.3 Å². The third kappa shape index (κ3) is 4.18. The van der Waals surface area contributed by atoms with E-state index in [1.807, 2.05) is 18.2 Å². The Morgan fingerprint density at radius 3 is 2.41 bits per heavy atom. The molecule has 2 bridgehead atoms. The van der Waals surface area contributed by atoms with Gasteiger partial charge < -0.3 is 15.3 Å². The second-order valence-electron chi connectivity index (χ2n) is 10.5. The van der Waals surface area contributed by atoms with Gasteiger partial charge in [0.1, 0.15) is 5.75 Å². The Hall–Kier alpha value is -3.26. The summed E-state index contributed by atoms with van der Waals surface area (Å²) in [5.41, 5.74) is 2.71. The van der Waals surface area contributed by atoms with Crippen LogP contribution in [0.3, 0.4) is 0 Å². The minimum Gasteiger partial charge on any atom is -0.507 e. The van der Waals surface area contributed by atoms with E-state index in [0.717, 1.165) is 18.7 Å². The van der Waals surface area contributed by atoms with Gasteiger partial charge in [0.15, 0.2) is 5.82 Å². The molecule has 0 unspecified atom stereocenters. The van der Waals surface area contributed by atoms with Crippen LogP contribution in [-0.2, 0) is 7.05 Å².